The van der Waals surface area contributed by atoms with Crippen molar-refractivity contribution in [3.63, 3.8) is 0 Å². The molecule has 2 aromatic rings. The average molecular weight is 334 g/mol. The Morgan fingerprint density at radius 1 is 1.30 bits per heavy atom. The van der Waals surface area contributed by atoms with Crippen LogP contribution in [0.2, 0.25) is 0 Å². The van der Waals surface area contributed by atoms with Crippen molar-refractivity contribution in [1.82, 2.24) is 4.90 Å². The third-order valence-electron chi connectivity index (χ3n) is 3.85. The summed E-state index contributed by atoms with van der Waals surface area (Å²) in [5.41, 5.74) is 7.53. The van der Waals surface area contributed by atoms with Crippen LogP contribution in [0.4, 0.5) is 4.39 Å². The lowest BCUT2D eigenvalue weighted by molar-refractivity contribution is 0.0745. The second-order valence-corrected chi connectivity index (χ2v) is 7.87. The van der Waals surface area contributed by atoms with Crippen molar-refractivity contribution in [1.29, 1.82) is 0 Å². The first-order valence-corrected chi connectivity index (χ1v) is 8.37. The number of nitrogens with two attached hydrogens (primary N) is 1. The van der Waals surface area contributed by atoms with Crippen molar-refractivity contribution >= 4 is 17.2 Å². The summed E-state index contributed by atoms with van der Waals surface area (Å²) in [7, 11) is 1.80. The summed E-state index contributed by atoms with van der Waals surface area (Å²) in [6, 6.07) is 8.23. The lowest BCUT2D eigenvalue weighted by atomic mass is 9.93. The third-order valence-corrected chi connectivity index (χ3v) is 4.89. The Morgan fingerprint density at radius 2 is 1.91 bits per heavy atom. The molecule has 0 aliphatic carbocycles. The Labute approximate surface area is 140 Å². The number of hydrogen-bond donors (Lipinski definition) is 1. The van der Waals surface area contributed by atoms with Crippen molar-refractivity contribution in [2.75, 3.05) is 20.1 Å². The molecule has 0 fully saturated rings. The van der Waals surface area contributed by atoms with E-state index in [-0.39, 0.29) is 17.1 Å². The summed E-state index contributed by atoms with van der Waals surface area (Å²) < 4.78 is 13.1. The Kier molecular flexibility index (Phi) is 5.22. The molecule has 0 unspecified atom stereocenters. The minimum atomic E-state index is -0.262. The highest BCUT2D eigenvalue weighted by Gasteiger charge is 2.23. The largest absolute Gasteiger partial charge is 0.340 e. The molecule has 0 spiro atoms. The zero-order valence-electron chi connectivity index (χ0n) is 14.0. The second kappa shape index (κ2) is 6.81. The van der Waals surface area contributed by atoms with E-state index >= 15 is 0 Å². The van der Waals surface area contributed by atoms with Gasteiger partial charge in [0, 0.05) is 18.5 Å². The fourth-order valence-electron chi connectivity index (χ4n) is 2.47. The van der Waals surface area contributed by atoms with Crippen LogP contribution >= 0.6 is 11.3 Å². The summed E-state index contributed by atoms with van der Waals surface area (Å²) in [4.78, 5) is 16.1. The lowest BCUT2D eigenvalue weighted by Gasteiger charge is -2.28. The molecular formula is C18H23FN2OS. The molecule has 0 saturated heterocycles. The van der Waals surface area contributed by atoms with E-state index in [1.165, 1.54) is 23.5 Å². The van der Waals surface area contributed by atoms with Crippen LogP contribution in [0, 0.1) is 18.2 Å². The van der Waals surface area contributed by atoms with Crippen molar-refractivity contribution in [2.24, 2.45) is 11.1 Å². The monoisotopic (exact) mass is 334 g/mol. The highest BCUT2D eigenvalue weighted by atomic mass is 32.1. The van der Waals surface area contributed by atoms with Gasteiger partial charge in [0.2, 0.25) is 0 Å². The predicted molar refractivity (Wildman–Crippen MR) is 94.2 cm³/mol. The molecule has 1 aromatic carbocycles. The first-order valence-electron chi connectivity index (χ1n) is 7.55. The molecule has 0 atom stereocenters. The topological polar surface area (TPSA) is 46.3 Å². The number of benzene rings is 1. The fourth-order valence-corrected chi connectivity index (χ4v) is 3.51. The van der Waals surface area contributed by atoms with Crippen molar-refractivity contribution in [3.8, 4) is 11.1 Å². The van der Waals surface area contributed by atoms with Gasteiger partial charge < -0.3 is 10.6 Å². The number of rotatable bonds is 5. The van der Waals surface area contributed by atoms with Gasteiger partial charge in [0.15, 0.2) is 0 Å². The maximum atomic E-state index is 13.1. The third kappa shape index (κ3) is 4.18. The molecule has 0 radical (unpaired) electrons. The standard InChI is InChI=1S/C18H23FN2OS/c1-12-15(13-5-7-14(19)8-6-13)9-16(23-12)17(22)21(4)11-18(2,3)10-20/h5-9H,10-11,20H2,1-4H3. The molecule has 1 heterocycles. The number of carbonyl (C=O) groups excluding carboxylic acids is 1. The predicted octanol–water partition coefficient (Wildman–Crippen LogP) is 3.92. The summed E-state index contributed by atoms with van der Waals surface area (Å²) in [6.07, 6.45) is 0. The van der Waals surface area contributed by atoms with Gasteiger partial charge in [-0.15, -0.1) is 11.3 Å². The van der Waals surface area contributed by atoms with E-state index in [0.29, 0.717) is 18.0 Å². The molecule has 0 bridgehead atoms. The van der Waals surface area contributed by atoms with Crippen LogP contribution in [0.5, 0.6) is 0 Å². The molecule has 0 aliphatic rings. The number of carbonyl (C=O) groups is 1. The molecule has 2 N–H and O–H groups in total. The average Bonchev–Trinajstić information content (AvgIpc) is 2.88. The summed E-state index contributed by atoms with van der Waals surface area (Å²) in [5.74, 6) is -0.269. The van der Waals surface area contributed by atoms with Gasteiger partial charge in [-0.05, 0) is 48.2 Å². The van der Waals surface area contributed by atoms with E-state index in [0.717, 1.165) is 16.0 Å². The van der Waals surface area contributed by atoms with Crippen LogP contribution in [0.15, 0.2) is 30.3 Å². The molecule has 23 heavy (non-hydrogen) atoms. The van der Waals surface area contributed by atoms with Crippen LogP contribution in [0.1, 0.15) is 28.4 Å². The van der Waals surface area contributed by atoms with Gasteiger partial charge in [0.25, 0.3) is 5.91 Å². The fraction of sp³-hybridized carbons (Fsp3) is 0.389. The first-order chi connectivity index (χ1) is 10.7. The molecule has 0 aliphatic heterocycles. The minimum Gasteiger partial charge on any atom is -0.340 e. The van der Waals surface area contributed by atoms with Gasteiger partial charge >= 0.3 is 0 Å². The zero-order valence-corrected chi connectivity index (χ0v) is 14.8. The maximum Gasteiger partial charge on any atom is 0.263 e. The number of halogens is 1. The van der Waals surface area contributed by atoms with Gasteiger partial charge in [-0.3, -0.25) is 4.79 Å². The smallest absolute Gasteiger partial charge is 0.263 e. The Hall–Kier alpha value is -1.72. The minimum absolute atomic E-state index is 0.00649. The number of nitrogens with zero attached hydrogens (tertiary/aromatic N) is 1. The van der Waals surface area contributed by atoms with Gasteiger partial charge in [-0.1, -0.05) is 26.0 Å². The summed E-state index contributed by atoms with van der Waals surface area (Å²) >= 11 is 1.47. The number of amides is 1. The molecule has 3 nitrogen and oxygen atoms in total. The molecule has 1 aromatic heterocycles. The van der Waals surface area contributed by atoms with E-state index in [2.05, 4.69) is 0 Å². The zero-order chi connectivity index (χ0) is 17.2. The van der Waals surface area contributed by atoms with E-state index in [1.807, 2.05) is 26.8 Å². The Balaban J connectivity index is 2.23. The molecule has 2 rings (SSSR count). The van der Waals surface area contributed by atoms with E-state index in [9.17, 15) is 9.18 Å². The van der Waals surface area contributed by atoms with Crippen LogP contribution in [-0.2, 0) is 0 Å². The highest BCUT2D eigenvalue weighted by molar-refractivity contribution is 7.14. The SMILES string of the molecule is Cc1sc(C(=O)N(C)CC(C)(C)CN)cc1-c1ccc(F)cc1. The Bertz CT molecular complexity index is 692. The first kappa shape index (κ1) is 17.6. The van der Waals surface area contributed by atoms with Gasteiger partial charge in [-0.2, -0.15) is 0 Å². The Morgan fingerprint density at radius 3 is 2.48 bits per heavy atom. The van der Waals surface area contributed by atoms with Crippen LogP contribution in [0.25, 0.3) is 11.1 Å². The van der Waals surface area contributed by atoms with E-state index < -0.39 is 0 Å². The summed E-state index contributed by atoms with van der Waals surface area (Å²) in [5, 5.41) is 0. The number of aryl methyl sites for hydroxylation is 1. The number of thiophene rings is 1. The quantitative estimate of drug-likeness (QED) is 0.901. The van der Waals surface area contributed by atoms with E-state index in [1.54, 1.807) is 24.1 Å². The molecule has 124 valence electrons. The second-order valence-electron chi connectivity index (χ2n) is 6.62. The molecule has 1 amide bonds. The normalized spacial score (nSPS) is 11.6. The van der Waals surface area contributed by atoms with Crippen molar-refractivity contribution in [2.45, 2.75) is 20.8 Å². The maximum absolute atomic E-state index is 13.1. The summed E-state index contributed by atoms with van der Waals surface area (Å²) in [6.45, 7) is 7.19. The molecule has 0 saturated carbocycles. The van der Waals surface area contributed by atoms with Gasteiger partial charge in [0.1, 0.15) is 5.82 Å². The lowest BCUT2D eigenvalue weighted by Crippen LogP contribution is -2.39. The highest BCUT2D eigenvalue weighted by Crippen LogP contribution is 2.32. The molecule has 5 heteroatoms. The van der Waals surface area contributed by atoms with Crippen LogP contribution < -0.4 is 5.73 Å². The van der Waals surface area contributed by atoms with Crippen molar-refractivity contribution in [3.05, 3.63) is 45.9 Å². The number of hydrogen-bond acceptors (Lipinski definition) is 3. The van der Waals surface area contributed by atoms with E-state index in [4.69, 9.17) is 5.73 Å². The van der Waals surface area contributed by atoms with Gasteiger partial charge in [0.05, 0.1) is 4.88 Å². The molecular weight excluding hydrogens is 311 g/mol. The van der Waals surface area contributed by atoms with Crippen LogP contribution in [-0.4, -0.2) is 30.9 Å². The van der Waals surface area contributed by atoms with Crippen molar-refractivity contribution < 1.29 is 9.18 Å². The van der Waals surface area contributed by atoms with Crippen LogP contribution in [0.3, 0.4) is 0 Å². The van der Waals surface area contributed by atoms with Gasteiger partial charge in [-0.25, -0.2) is 4.39 Å².